The van der Waals surface area contributed by atoms with E-state index in [1.807, 2.05) is 0 Å². The van der Waals surface area contributed by atoms with Crippen LogP contribution in [0.2, 0.25) is 0 Å². The molecule has 0 N–H and O–H groups in total. The molecule has 0 atom stereocenters. The number of hydrogen-bond donors (Lipinski definition) is 0. The summed E-state index contributed by atoms with van der Waals surface area (Å²) >= 11 is 1.69. The van der Waals surface area contributed by atoms with E-state index in [0.29, 0.717) is 13.2 Å². The molecular formula is C23H32F4N2O6S2. The highest BCUT2D eigenvalue weighted by atomic mass is 32.2. The number of ether oxygens (including phenoxy) is 3. The molecule has 1 rings (SSSR count). The Labute approximate surface area is 222 Å². The summed E-state index contributed by atoms with van der Waals surface area (Å²) in [5.41, 5.74) is -2.25. The van der Waals surface area contributed by atoms with Crippen molar-refractivity contribution in [2.24, 2.45) is 0 Å². The molecule has 0 saturated carbocycles. The van der Waals surface area contributed by atoms with Crippen LogP contribution < -0.4 is 4.74 Å². The van der Waals surface area contributed by atoms with Gasteiger partial charge < -0.3 is 14.2 Å². The van der Waals surface area contributed by atoms with Gasteiger partial charge in [-0.3, -0.25) is 18.2 Å². The third kappa shape index (κ3) is 8.48. The summed E-state index contributed by atoms with van der Waals surface area (Å²) in [7, 11) is 0. The van der Waals surface area contributed by atoms with Gasteiger partial charge in [0.15, 0.2) is 11.6 Å². The highest BCUT2D eigenvalue weighted by molar-refractivity contribution is 7.98. The molecule has 0 aliphatic heterocycles. The van der Waals surface area contributed by atoms with Crippen molar-refractivity contribution in [3.63, 3.8) is 0 Å². The summed E-state index contributed by atoms with van der Waals surface area (Å²) in [6.45, 7) is 8.58. The molecule has 1 aromatic carbocycles. The Bertz CT molecular complexity index is 885. The van der Waals surface area contributed by atoms with Crippen LogP contribution in [0.4, 0.5) is 17.6 Å². The Morgan fingerprint density at radius 1 is 0.838 bits per heavy atom. The topological polar surface area (TPSA) is 85.4 Å². The van der Waals surface area contributed by atoms with E-state index in [-0.39, 0.29) is 43.6 Å². The molecule has 0 aromatic heterocycles. The van der Waals surface area contributed by atoms with Gasteiger partial charge in [-0.15, -0.1) is 0 Å². The van der Waals surface area contributed by atoms with Gasteiger partial charge in [-0.05, 0) is 37.7 Å². The SMILES string of the molecule is CCCC(C(=O)Oc1c(F)c(F)cc(F)c1F)(N(SCCOCC)C(C)=O)N(SCCOCC)C(C)=O. The number of benzene rings is 1. The maximum Gasteiger partial charge on any atom is 0.360 e. The Hall–Kier alpha value is -2.03. The number of hydrogen-bond acceptors (Lipinski definition) is 8. The average molecular weight is 573 g/mol. The smallest absolute Gasteiger partial charge is 0.360 e. The van der Waals surface area contributed by atoms with Gasteiger partial charge in [0, 0.05) is 51.1 Å². The first-order valence-corrected chi connectivity index (χ1v) is 13.5. The van der Waals surface area contributed by atoms with Gasteiger partial charge in [-0.2, -0.15) is 8.78 Å². The van der Waals surface area contributed by atoms with Crippen LogP contribution in [0.15, 0.2) is 6.07 Å². The summed E-state index contributed by atoms with van der Waals surface area (Å²) in [5, 5.41) is 0. The molecule has 2 amide bonds. The van der Waals surface area contributed by atoms with Gasteiger partial charge >= 0.3 is 5.97 Å². The molecule has 0 radical (unpaired) electrons. The van der Waals surface area contributed by atoms with Crippen molar-refractivity contribution in [1.82, 2.24) is 8.61 Å². The van der Waals surface area contributed by atoms with Crippen LogP contribution >= 0.6 is 23.9 Å². The lowest BCUT2D eigenvalue weighted by molar-refractivity contribution is -0.162. The number of amides is 2. The fourth-order valence-electron chi connectivity index (χ4n) is 3.30. The van der Waals surface area contributed by atoms with Gasteiger partial charge in [0.2, 0.25) is 34.9 Å². The first-order chi connectivity index (χ1) is 17.5. The van der Waals surface area contributed by atoms with Crippen molar-refractivity contribution >= 4 is 41.7 Å². The van der Waals surface area contributed by atoms with E-state index in [4.69, 9.17) is 14.2 Å². The second kappa shape index (κ2) is 16.0. The lowest BCUT2D eigenvalue weighted by atomic mass is 10.0. The first-order valence-electron chi connectivity index (χ1n) is 11.6. The molecule has 1 aromatic rings. The van der Waals surface area contributed by atoms with Crippen LogP contribution in [0, 0.1) is 23.3 Å². The van der Waals surface area contributed by atoms with E-state index in [1.165, 1.54) is 0 Å². The standard InChI is InChI=1S/C23H32F4N2O6S2/c1-6-9-23(28(15(4)30)36-12-10-33-7-2,29(16(5)31)37-13-11-34-8-3)22(32)35-21-19(26)17(24)14-18(25)20(21)27/h14H,6-13H2,1-5H3. The van der Waals surface area contributed by atoms with Crippen LogP contribution in [0.1, 0.15) is 47.5 Å². The Kier molecular flexibility index (Phi) is 14.3. The molecule has 0 unspecified atom stereocenters. The number of halogens is 4. The molecule has 210 valence electrons. The Morgan fingerprint density at radius 2 is 1.27 bits per heavy atom. The zero-order valence-corrected chi connectivity index (χ0v) is 23.0. The Morgan fingerprint density at radius 3 is 1.62 bits per heavy atom. The summed E-state index contributed by atoms with van der Waals surface area (Å²) in [4.78, 5) is 39.4. The second-order valence-electron chi connectivity index (χ2n) is 7.44. The van der Waals surface area contributed by atoms with Gasteiger partial charge in [-0.25, -0.2) is 13.6 Å². The number of carbonyl (C=O) groups excluding carboxylic acids is 3. The summed E-state index contributed by atoms with van der Waals surface area (Å²) in [6.07, 6.45) is -0.0293. The summed E-state index contributed by atoms with van der Waals surface area (Å²) in [5.74, 6) is -11.6. The minimum atomic E-state index is -2.25. The first kappa shape index (κ1) is 33.0. The highest BCUT2D eigenvalue weighted by Crippen LogP contribution is 2.39. The number of rotatable bonds is 16. The maximum atomic E-state index is 14.4. The van der Waals surface area contributed by atoms with Gasteiger partial charge in [0.25, 0.3) is 0 Å². The van der Waals surface area contributed by atoms with Crippen molar-refractivity contribution in [3.05, 3.63) is 29.3 Å². The van der Waals surface area contributed by atoms with E-state index < -0.39 is 52.5 Å². The fraction of sp³-hybridized carbons (Fsp3) is 0.609. The van der Waals surface area contributed by atoms with E-state index in [2.05, 4.69) is 0 Å². The van der Waals surface area contributed by atoms with E-state index >= 15 is 0 Å². The molecule has 0 heterocycles. The zero-order valence-electron chi connectivity index (χ0n) is 21.4. The molecular weight excluding hydrogens is 540 g/mol. The predicted molar refractivity (Wildman–Crippen MR) is 132 cm³/mol. The van der Waals surface area contributed by atoms with E-state index in [0.717, 1.165) is 46.4 Å². The van der Waals surface area contributed by atoms with Crippen LogP contribution in [0.5, 0.6) is 5.75 Å². The number of carbonyl (C=O) groups is 3. The number of esters is 1. The van der Waals surface area contributed by atoms with Gasteiger partial charge in [0.1, 0.15) is 0 Å². The van der Waals surface area contributed by atoms with E-state index in [9.17, 15) is 31.9 Å². The van der Waals surface area contributed by atoms with Crippen LogP contribution in [0.25, 0.3) is 0 Å². The van der Waals surface area contributed by atoms with Crippen molar-refractivity contribution < 1.29 is 46.2 Å². The van der Waals surface area contributed by atoms with E-state index in [1.54, 1.807) is 20.8 Å². The highest BCUT2D eigenvalue weighted by Gasteiger charge is 2.54. The Balaban J connectivity index is 3.71. The molecule has 0 fully saturated rings. The van der Waals surface area contributed by atoms with Crippen molar-refractivity contribution in [2.45, 2.75) is 53.1 Å². The van der Waals surface area contributed by atoms with Gasteiger partial charge in [-0.1, -0.05) is 13.3 Å². The van der Waals surface area contributed by atoms with Crippen molar-refractivity contribution in [2.75, 3.05) is 37.9 Å². The molecule has 37 heavy (non-hydrogen) atoms. The van der Waals surface area contributed by atoms with Crippen LogP contribution in [-0.4, -0.2) is 70.0 Å². The number of nitrogens with zero attached hydrogens (tertiary/aromatic N) is 2. The molecule has 0 spiro atoms. The molecule has 0 aliphatic rings. The predicted octanol–water partition coefficient (Wildman–Crippen LogP) is 4.71. The second-order valence-corrected chi connectivity index (χ2v) is 9.50. The quantitative estimate of drug-likeness (QED) is 0.0536. The third-order valence-corrected chi connectivity index (χ3v) is 7.07. The normalized spacial score (nSPS) is 11.4. The molecule has 0 bridgehead atoms. The minimum absolute atomic E-state index is 0.0296. The largest absolute Gasteiger partial charge is 0.417 e. The maximum absolute atomic E-state index is 14.4. The molecule has 0 saturated heterocycles. The summed E-state index contributed by atoms with van der Waals surface area (Å²) < 4.78 is 73.9. The molecule has 8 nitrogen and oxygen atoms in total. The fourth-order valence-corrected chi connectivity index (χ4v) is 5.38. The molecule has 14 heteroatoms. The zero-order chi connectivity index (χ0) is 28.2. The van der Waals surface area contributed by atoms with Crippen molar-refractivity contribution in [1.29, 1.82) is 0 Å². The minimum Gasteiger partial charge on any atom is -0.417 e. The lowest BCUT2D eigenvalue weighted by Crippen LogP contribution is -2.65. The lowest BCUT2D eigenvalue weighted by Gasteiger charge is -2.46. The summed E-state index contributed by atoms with van der Waals surface area (Å²) in [6, 6.07) is -0.0296. The van der Waals surface area contributed by atoms with Gasteiger partial charge in [0.05, 0.1) is 13.2 Å². The molecule has 0 aliphatic carbocycles. The van der Waals surface area contributed by atoms with Crippen LogP contribution in [0.3, 0.4) is 0 Å². The van der Waals surface area contributed by atoms with Crippen molar-refractivity contribution in [3.8, 4) is 5.75 Å². The third-order valence-electron chi connectivity index (χ3n) is 4.74. The van der Waals surface area contributed by atoms with Crippen LogP contribution in [-0.2, 0) is 23.9 Å². The monoisotopic (exact) mass is 572 g/mol. The average Bonchev–Trinajstić information content (AvgIpc) is 2.84.